The van der Waals surface area contributed by atoms with Crippen LogP contribution in [0.1, 0.15) is 21.5 Å². The van der Waals surface area contributed by atoms with Gasteiger partial charge in [-0.2, -0.15) is 4.99 Å². The van der Waals surface area contributed by atoms with Crippen molar-refractivity contribution >= 4 is 39.1 Å². The third-order valence-corrected chi connectivity index (χ3v) is 5.13. The highest BCUT2D eigenvalue weighted by Gasteiger charge is 2.12. The Kier molecular flexibility index (Phi) is 4.69. The number of hydrogen-bond donors (Lipinski definition) is 0. The summed E-state index contributed by atoms with van der Waals surface area (Å²) in [5, 5.41) is 0.645. The Morgan fingerprint density at radius 1 is 1.33 bits per heavy atom. The van der Waals surface area contributed by atoms with E-state index < -0.39 is 0 Å². The lowest BCUT2D eigenvalue weighted by atomic mass is 10.1. The van der Waals surface area contributed by atoms with Gasteiger partial charge in [0.05, 0.1) is 15.2 Å². The fourth-order valence-electron chi connectivity index (χ4n) is 2.58. The van der Waals surface area contributed by atoms with E-state index in [0.29, 0.717) is 21.9 Å². The zero-order valence-electron chi connectivity index (χ0n) is 13.5. The van der Waals surface area contributed by atoms with E-state index in [1.54, 1.807) is 6.08 Å². The molecule has 0 saturated heterocycles. The lowest BCUT2D eigenvalue weighted by Crippen LogP contribution is -2.16. The number of nitrogens with zero attached hydrogens (tertiary/aromatic N) is 2. The van der Waals surface area contributed by atoms with Crippen molar-refractivity contribution in [3.05, 3.63) is 75.6 Å². The quantitative estimate of drug-likeness (QED) is 0.614. The number of allylic oxidation sites excluding steroid dienone is 1. The number of aryl methyl sites for hydroxylation is 2. The predicted octanol–water partition coefficient (Wildman–Crippen LogP) is 4.90. The van der Waals surface area contributed by atoms with Gasteiger partial charge in [-0.05, 0) is 37.6 Å². The van der Waals surface area contributed by atoms with E-state index in [2.05, 4.69) is 11.6 Å². The number of hydrogen-bond acceptors (Lipinski definition) is 2. The molecule has 5 heteroatoms. The van der Waals surface area contributed by atoms with Crippen LogP contribution in [-0.4, -0.2) is 10.5 Å². The van der Waals surface area contributed by atoms with Crippen LogP contribution in [0.25, 0.3) is 10.2 Å². The van der Waals surface area contributed by atoms with E-state index in [-0.39, 0.29) is 5.91 Å². The lowest BCUT2D eigenvalue weighted by Gasteiger charge is -2.04. The molecule has 0 aliphatic heterocycles. The van der Waals surface area contributed by atoms with Gasteiger partial charge in [0.2, 0.25) is 0 Å². The molecule has 0 unspecified atom stereocenters. The number of halogens is 1. The van der Waals surface area contributed by atoms with E-state index in [1.165, 1.54) is 11.3 Å². The molecule has 0 aliphatic carbocycles. The molecule has 3 nitrogen and oxygen atoms in total. The van der Waals surface area contributed by atoms with Gasteiger partial charge in [-0.25, -0.2) is 0 Å². The SMILES string of the molecule is C=CCn1c(=NC(=O)c2cc(C)ccc2C)sc2cccc(Cl)c21. The molecule has 1 amide bonds. The van der Waals surface area contributed by atoms with Crippen molar-refractivity contribution in [2.45, 2.75) is 20.4 Å². The monoisotopic (exact) mass is 356 g/mol. The Bertz CT molecular complexity index is 1010. The Balaban J connectivity index is 2.21. The number of thiazole rings is 1. The van der Waals surface area contributed by atoms with Gasteiger partial charge in [-0.1, -0.05) is 52.8 Å². The van der Waals surface area contributed by atoms with Crippen LogP contribution < -0.4 is 4.80 Å². The van der Waals surface area contributed by atoms with E-state index in [9.17, 15) is 4.79 Å². The molecule has 0 spiro atoms. The molecule has 2 aromatic carbocycles. The molecule has 1 aromatic heterocycles. The topological polar surface area (TPSA) is 34.4 Å². The number of carbonyl (C=O) groups is 1. The number of para-hydroxylation sites is 1. The first-order valence-corrected chi connectivity index (χ1v) is 8.76. The number of carbonyl (C=O) groups excluding carboxylic acids is 1. The van der Waals surface area contributed by atoms with Crippen LogP contribution >= 0.6 is 22.9 Å². The first-order chi connectivity index (χ1) is 11.5. The standard InChI is InChI=1S/C19H17ClN2OS/c1-4-10-22-17-15(20)6-5-7-16(17)24-19(22)21-18(23)14-11-12(2)8-9-13(14)3/h4-9,11H,1,10H2,2-3H3. The normalized spacial score (nSPS) is 11.9. The highest BCUT2D eigenvalue weighted by atomic mass is 35.5. The molecule has 0 atom stereocenters. The maximum absolute atomic E-state index is 12.7. The zero-order chi connectivity index (χ0) is 17.3. The zero-order valence-corrected chi connectivity index (χ0v) is 15.1. The second kappa shape index (κ2) is 6.75. The first-order valence-electron chi connectivity index (χ1n) is 7.56. The fourth-order valence-corrected chi connectivity index (χ4v) is 3.98. The molecule has 0 bridgehead atoms. The Hall–Kier alpha value is -2.17. The maximum atomic E-state index is 12.7. The predicted molar refractivity (Wildman–Crippen MR) is 101 cm³/mol. The van der Waals surface area contributed by atoms with Crippen molar-refractivity contribution < 1.29 is 4.79 Å². The summed E-state index contributed by atoms with van der Waals surface area (Å²) < 4.78 is 2.93. The molecular weight excluding hydrogens is 340 g/mol. The summed E-state index contributed by atoms with van der Waals surface area (Å²) in [6.45, 7) is 8.22. The molecule has 1 heterocycles. The highest BCUT2D eigenvalue weighted by Crippen LogP contribution is 2.25. The van der Waals surface area contributed by atoms with Gasteiger partial charge >= 0.3 is 0 Å². The average molecular weight is 357 g/mol. The van der Waals surface area contributed by atoms with Crippen LogP contribution in [0.4, 0.5) is 0 Å². The van der Waals surface area contributed by atoms with Gasteiger partial charge in [0.25, 0.3) is 5.91 Å². The molecule has 122 valence electrons. The highest BCUT2D eigenvalue weighted by molar-refractivity contribution is 7.16. The molecule has 0 aliphatic rings. The fraction of sp³-hybridized carbons (Fsp3) is 0.158. The van der Waals surface area contributed by atoms with Crippen LogP contribution in [0.3, 0.4) is 0 Å². The van der Waals surface area contributed by atoms with Gasteiger partial charge in [0, 0.05) is 12.1 Å². The largest absolute Gasteiger partial charge is 0.311 e. The molecule has 0 radical (unpaired) electrons. The Morgan fingerprint density at radius 2 is 2.12 bits per heavy atom. The van der Waals surface area contributed by atoms with Gasteiger partial charge in [-0.3, -0.25) is 4.79 Å². The number of rotatable bonds is 3. The number of aromatic nitrogens is 1. The summed E-state index contributed by atoms with van der Waals surface area (Å²) in [6.07, 6.45) is 1.77. The van der Waals surface area contributed by atoms with Gasteiger partial charge in [0.15, 0.2) is 4.80 Å². The molecule has 3 aromatic rings. The minimum absolute atomic E-state index is 0.239. The van der Waals surface area contributed by atoms with Gasteiger partial charge in [0.1, 0.15) is 0 Å². The lowest BCUT2D eigenvalue weighted by molar-refractivity contribution is 0.0997. The van der Waals surface area contributed by atoms with Crippen molar-refractivity contribution in [1.82, 2.24) is 4.57 Å². The van der Waals surface area contributed by atoms with Gasteiger partial charge in [-0.15, -0.1) is 6.58 Å². The van der Waals surface area contributed by atoms with Crippen LogP contribution in [-0.2, 0) is 6.54 Å². The molecule has 0 fully saturated rings. The molecule has 3 rings (SSSR count). The average Bonchev–Trinajstić information content (AvgIpc) is 2.89. The van der Waals surface area contributed by atoms with Crippen LogP contribution in [0.2, 0.25) is 5.02 Å². The molecule has 0 N–H and O–H groups in total. The van der Waals surface area contributed by atoms with E-state index >= 15 is 0 Å². The Labute approximate surface area is 149 Å². The van der Waals surface area contributed by atoms with Crippen molar-refractivity contribution in [1.29, 1.82) is 0 Å². The van der Waals surface area contributed by atoms with Crippen LogP contribution in [0.15, 0.2) is 54.0 Å². The smallest absolute Gasteiger partial charge is 0.279 e. The summed E-state index contributed by atoms with van der Waals surface area (Å²) in [4.78, 5) is 17.7. The minimum Gasteiger partial charge on any atom is -0.311 e. The summed E-state index contributed by atoms with van der Waals surface area (Å²) >= 11 is 7.79. The Morgan fingerprint density at radius 3 is 2.88 bits per heavy atom. The van der Waals surface area contributed by atoms with Crippen molar-refractivity contribution in [2.24, 2.45) is 4.99 Å². The van der Waals surface area contributed by atoms with Crippen LogP contribution in [0.5, 0.6) is 0 Å². The molecule has 24 heavy (non-hydrogen) atoms. The van der Waals surface area contributed by atoms with Crippen molar-refractivity contribution in [2.75, 3.05) is 0 Å². The number of fused-ring (bicyclic) bond motifs is 1. The van der Waals surface area contributed by atoms with Crippen molar-refractivity contribution in [3.63, 3.8) is 0 Å². The van der Waals surface area contributed by atoms with Gasteiger partial charge < -0.3 is 4.57 Å². The number of amides is 1. The second-order valence-corrected chi connectivity index (χ2v) is 7.02. The van der Waals surface area contributed by atoms with E-state index in [4.69, 9.17) is 11.6 Å². The third kappa shape index (κ3) is 3.07. The molecular formula is C19H17ClN2OS. The van der Waals surface area contributed by atoms with E-state index in [1.807, 2.05) is 54.8 Å². The first kappa shape index (κ1) is 16.7. The maximum Gasteiger partial charge on any atom is 0.279 e. The molecule has 0 saturated carbocycles. The third-order valence-electron chi connectivity index (χ3n) is 3.78. The summed E-state index contributed by atoms with van der Waals surface area (Å²) in [5.41, 5.74) is 3.47. The summed E-state index contributed by atoms with van der Waals surface area (Å²) in [6, 6.07) is 11.5. The second-order valence-electron chi connectivity index (χ2n) is 5.61. The summed E-state index contributed by atoms with van der Waals surface area (Å²) in [7, 11) is 0. The van der Waals surface area contributed by atoms with Crippen molar-refractivity contribution in [3.8, 4) is 0 Å². The summed E-state index contributed by atoms with van der Waals surface area (Å²) in [5.74, 6) is -0.239. The minimum atomic E-state index is -0.239. The number of benzene rings is 2. The van der Waals surface area contributed by atoms with E-state index in [0.717, 1.165) is 21.3 Å². The van der Waals surface area contributed by atoms with Crippen LogP contribution in [0, 0.1) is 13.8 Å².